The highest BCUT2D eigenvalue weighted by molar-refractivity contribution is 7.14. The van der Waals surface area contributed by atoms with Gasteiger partial charge in [-0.05, 0) is 25.3 Å². The molecular weight excluding hydrogens is 214 g/mol. The maximum absolute atomic E-state index is 9.75. The Hall–Kier alpha value is -0.710. The molecule has 0 spiro atoms. The minimum Gasteiger partial charge on any atom is -0.383 e. The van der Waals surface area contributed by atoms with Crippen LogP contribution in [0, 0.1) is 0 Å². The molecule has 0 aromatic carbocycles. The first-order valence-electron chi connectivity index (χ1n) is 4.29. The van der Waals surface area contributed by atoms with Crippen LogP contribution in [0.3, 0.4) is 0 Å². The molecule has 0 aliphatic heterocycles. The third-order valence-electron chi connectivity index (χ3n) is 1.80. The van der Waals surface area contributed by atoms with Gasteiger partial charge in [-0.2, -0.15) is 0 Å². The Morgan fingerprint density at radius 1 is 1.36 bits per heavy atom. The monoisotopic (exact) mass is 225 g/mol. The van der Waals surface area contributed by atoms with Gasteiger partial charge in [-0.1, -0.05) is 6.07 Å². The lowest BCUT2D eigenvalue weighted by Crippen LogP contribution is -2.14. The Balaban J connectivity index is 2.36. The van der Waals surface area contributed by atoms with E-state index in [4.69, 9.17) is 0 Å². The lowest BCUT2D eigenvalue weighted by atomic mass is 10.1. The molecule has 0 radical (unpaired) electrons. The number of aromatic nitrogens is 1. The molecule has 2 rings (SSSR count). The maximum atomic E-state index is 9.75. The fourth-order valence-corrected chi connectivity index (χ4v) is 2.70. The number of thiophene rings is 1. The van der Waals surface area contributed by atoms with Crippen LogP contribution in [-0.2, 0) is 5.60 Å². The molecular formula is C10H11NOS2. The second-order valence-electron chi connectivity index (χ2n) is 3.57. The lowest BCUT2D eigenvalue weighted by Gasteiger charge is -2.12. The van der Waals surface area contributed by atoms with Crippen molar-refractivity contribution in [2.24, 2.45) is 0 Å². The van der Waals surface area contributed by atoms with Gasteiger partial charge in [0.1, 0.15) is 10.6 Å². The molecule has 0 atom stereocenters. The highest BCUT2D eigenvalue weighted by Crippen LogP contribution is 2.30. The van der Waals surface area contributed by atoms with Gasteiger partial charge in [0.2, 0.25) is 0 Å². The van der Waals surface area contributed by atoms with Crippen LogP contribution in [0.5, 0.6) is 0 Å². The smallest absolute Gasteiger partial charge is 0.124 e. The lowest BCUT2D eigenvalue weighted by molar-refractivity contribution is 0.0783. The first-order chi connectivity index (χ1) is 6.57. The molecule has 2 heterocycles. The van der Waals surface area contributed by atoms with Crippen molar-refractivity contribution in [2.75, 3.05) is 0 Å². The molecule has 2 nitrogen and oxygen atoms in total. The SMILES string of the molecule is CC(C)(O)c1nc(-c2cccs2)cs1. The van der Waals surface area contributed by atoms with Crippen molar-refractivity contribution >= 4 is 22.7 Å². The molecule has 0 saturated carbocycles. The summed E-state index contributed by atoms with van der Waals surface area (Å²) in [7, 11) is 0. The summed E-state index contributed by atoms with van der Waals surface area (Å²) in [6, 6.07) is 4.04. The number of hydrogen-bond donors (Lipinski definition) is 1. The number of nitrogens with zero attached hydrogens (tertiary/aromatic N) is 1. The van der Waals surface area contributed by atoms with E-state index >= 15 is 0 Å². The Bertz CT molecular complexity index is 412. The van der Waals surface area contributed by atoms with Gasteiger partial charge < -0.3 is 5.11 Å². The van der Waals surface area contributed by atoms with E-state index in [-0.39, 0.29) is 0 Å². The van der Waals surface area contributed by atoms with Crippen LogP contribution in [-0.4, -0.2) is 10.1 Å². The Morgan fingerprint density at radius 3 is 2.64 bits per heavy atom. The summed E-state index contributed by atoms with van der Waals surface area (Å²) in [6.45, 7) is 3.51. The zero-order valence-electron chi connectivity index (χ0n) is 8.02. The summed E-state index contributed by atoms with van der Waals surface area (Å²) in [5, 5.41) is 14.5. The molecule has 0 bridgehead atoms. The van der Waals surface area contributed by atoms with Crippen molar-refractivity contribution in [3.8, 4) is 10.6 Å². The van der Waals surface area contributed by atoms with Gasteiger partial charge >= 0.3 is 0 Å². The quantitative estimate of drug-likeness (QED) is 0.852. The average molecular weight is 225 g/mol. The standard InChI is InChI=1S/C10H11NOS2/c1-10(2,12)9-11-7(6-14-9)8-4-3-5-13-8/h3-6,12H,1-2H3. The van der Waals surface area contributed by atoms with Crippen LogP contribution in [0.15, 0.2) is 22.9 Å². The minimum absolute atomic E-state index is 0.765. The van der Waals surface area contributed by atoms with Gasteiger partial charge in [-0.3, -0.25) is 0 Å². The summed E-state index contributed by atoms with van der Waals surface area (Å²) in [6.07, 6.45) is 0. The van der Waals surface area contributed by atoms with Gasteiger partial charge in [-0.15, -0.1) is 22.7 Å². The van der Waals surface area contributed by atoms with Crippen LogP contribution in [0.1, 0.15) is 18.9 Å². The molecule has 4 heteroatoms. The highest BCUT2D eigenvalue weighted by atomic mass is 32.1. The summed E-state index contributed by atoms with van der Waals surface area (Å²) < 4.78 is 0. The molecule has 0 amide bonds. The van der Waals surface area contributed by atoms with Gasteiger partial charge in [0.25, 0.3) is 0 Å². The van der Waals surface area contributed by atoms with Crippen LogP contribution in [0.4, 0.5) is 0 Å². The Morgan fingerprint density at radius 2 is 2.14 bits per heavy atom. The summed E-state index contributed by atoms with van der Waals surface area (Å²) in [5.74, 6) is 0. The molecule has 2 aromatic rings. The molecule has 1 N–H and O–H groups in total. The molecule has 0 unspecified atom stereocenters. The van der Waals surface area contributed by atoms with Crippen LogP contribution in [0.2, 0.25) is 0 Å². The fraction of sp³-hybridized carbons (Fsp3) is 0.300. The van der Waals surface area contributed by atoms with Crippen molar-refractivity contribution in [3.63, 3.8) is 0 Å². The summed E-state index contributed by atoms with van der Waals surface area (Å²) >= 11 is 3.16. The van der Waals surface area contributed by atoms with Crippen LogP contribution in [0.25, 0.3) is 10.6 Å². The second kappa shape index (κ2) is 3.46. The zero-order valence-corrected chi connectivity index (χ0v) is 9.65. The second-order valence-corrected chi connectivity index (χ2v) is 5.38. The molecule has 0 aliphatic carbocycles. The van der Waals surface area contributed by atoms with E-state index < -0.39 is 5.60 Å². The van der Waals surface area contributed by atoms with E-state index in [0.29, 0.717) is 0 Å². The molecule has 0 saturated heterocycles. The zero-order chi connectivity index (χ0) is 10.2. The number of hydrogen-bond acceptors (Lipinski definition) is 4. The van der Waals surface area contributed by atoms with E-state index in [9.17, 15) is 5.11 Å². The first-order valence-corrected chi connectivity index (χ1v) is 6.05. The molecule has 2 aromatic heterocycles. The van der Waals surface area contributed by atoms with E-state index in [1.807, 2.05) is 22.9 Å². The Kier molecular flexibility index (Phi) is 2.43. The van der Waals surface area contributed by atoms with Crippen molar-refractivity contribution < 1.29 is 5.11 Å². The number of thiazole rings is 1. The van der Waals surface area contributed by atoms with Crippen molar-refractivity contribution in [2.45, 2.75) is 19.4 Å². The highest BCUT2D eigenvalue weighted by Gasteiger charge is 2.20. The van der Waals surface area contributed by atoms with Gasteiger partial charge in [0.15, 0.2) is 0 Å². The number of rotatable bonds is 2. The summed E-state index contributed by atoms with van der Waals surface area (Å²) in [5.41, 5.74) is 0.127. The first kappa shape index (κ1) is 9.83. The molecule has 14 heavy (non-hydrogen) atoms. The molecule has 74 valence electrons. The van der Waals surface area contributed by atoms with Crippen molar-refractivity contribution in [3.05, 3.63) is 27.9 Å². The van der Waals surface area contributed by atoms with Gasteiger partial charge in [0.05, 0.1) is 10.6 Å². The van der Waals surface area contributed by atoms with E-state index in [2.05, 4.69) is 4.98 Å². The normalized spacial score (nSPS) is 11.9. The topological polar surface area (TPSA) is 33.1 Å². The summed E-state index contributed by atoms with van der Waals surface area (Å²) in [4.78, 5) is 5.55. The largest absolute Gasteiger partial charge is 0.383 e. The maximum Gasteiger partial charge on any atom is 0.124 e. The molecule has 0 fully saturated rings. The van der Waals surface area contributed by atoms with E-state index in [1.165, 1.54) is 11.3 Å². The molecule has 0 aliphatic rings. The van der Waals surface area contributed by atoms with E-state index in [1.54, 1.807) is 25.2 Å². The van der Waals surface area contributed by atoms with Gasteiger partial charge in [-0.25, -0.2) is 4.98 Å². The number of aliphatic hydroxyl groups is 1. The van der Waals surface area contributed by atoms with Crippen LogP contribution >= 0.6 is 22.7 Å². The average Bonchev–Trinajstić information content (AvgIpc) is 2.73. The van der Waals surface area contributed by atoms with Gasteiger partial charge in [0, 0.05) is 5.38 Å². The van der Waals surface area contributed by atoms with Crippen LogP contribution < -0.4 is 0 Å². The van der Waals surface area contributed by atoms with Crippen molar-refractivity contribution in [1.82, 2.24) is 4.98 Å². The fourth-order valence-electron chi connectivity index (χ4n) is 1.09. The third-order valence-corrected chi connectivity index (χ3v) is 3.85. The predicted molar refractivity (Wildman–Crippen MR) is 60.7 cm³/mol. The van der Waals surface area contributed by atoms with Crippen molar-refractivity contribution in [1.29, 1.82) is 0 Å². The minimum atomic E-state index is -0.833. The predicted octanol–water partition coefficient (Wildman–Crippen LogP) is 3.10. The third kappa shape index (κ3) is 1.87. The Labute approximate surface area is 90.9 Å². The van der Waals surface area contributed by atoms with E-state index in [0.717, 1.165) is 15.6 Å².